The van der Waals surface area contributed by atoms with Gasteiger partial charge in [-0.1, -0.05) is 11.6 Å². The molecule has 0 spiro atoms. The van der Waals surface area contributed by atoms with Crippen LogP contribution in [0, 0.1) is 5.82 Å². The van der Waals surface area contributed by atoms with Crippen LogP contribution in [0.5, 0.6) is 0 Å². The van der Waals surface area contributed by atoms with Gasteiger partial charge in [0.15, 0.2) is 5.15 Å². The number of carbonyl (C=O) groups excluding carboxylic acids is 1. The maximum absolute atomic E-state index is 13.1. The Morgan fingerprint density at radius 3 is 3.00 bits per heavy atom. The van der Waals surface area contributed by atoms with E-state index in [1.165, 1.54) is 23.1 Å². The van der Waals surface area contributed by atoms with Crippen molar-refractivity contribution in [1.29, 1.82) is 0 Å². The number of carbonyl (C=O) groups is 1. The topological polar surface area (TPSA) is 71.8 Å². The van der Waals surface area contributed by atoms with Crippen LogP contribution in [0.3, 0.4) is 0 Å². The predicted molar refractivity (Wildman–Crippen MR) is 69.0 cm³/mol. The summed E-state index contributed by atoms with van der Waals surface area (Å²) in [5, 5.41) is 9.17. The van der Waals surface area contributed by atoms with E-state index in [4.69, 9.17) is 11.6 Å². The van der Waals surface area contributed by atoms with Crippen molar-refractivity contribution in [2.45, 2.75) is 6.92 Å². The molecule has 2 heterocycles. The monoisotopic (exact) mass is 283 g/mol. The predicted octanol–water partition coefficient (Wildman–Crippen LogP) is 2.20. The summed E-state index contributed by atoms with van der Waals surface area (Å²) in [6.07, 6.45) is 4.00. The number of hydrogen-bond donors (Lipinski definition) is 2. The lowest BCUT2D eigenvalue weighted by Crippen LogP contribution is -2.28. The van der Waals surface area contributed by atoms with Gasteiger partial charge < -0.3 is 10.6 Å². The van der Waals surface area contributed by atoms with Gasteiger partial charge >= 0.3 is 6.03 Å². The fourth-order valence-electron chi connectivity index (χ4n) is 1.42. The first-order valence-corrected chi connectivity index (χ1v) is 5.89. The maximum atomic E-state index is 13.1. The average molecular weight is 284 g/mol. The van der Waals surface area contributed by atoms with Gasteiger partial charge in [-0.15, -0.1) is 0 Å². The number of anilines is 1. The van der Waals surface area contributed by atoms with E-state index in [0.717, 1.165) is 6.20 Å². The van der Waals surface area contributed by atoms with Crippen molar-refractivity contribution in [3.8, 4) is 5.69 Å². The van der Waals surface area contributed by atoms with E-state index in [1.54, 1.807) is 6.92 Å². The summed E-state index contributed by atoms with van der Waals surface area (Å²) >= 11 is 5.89. The molecule has 0 bridgehead atoms. The fraction of sp³-hybridized carbons (Fsp3) is 0.182. The first kappa shape index (κ1) is 13.3. The van der Waals surface area contributed by atoms with Crippen molar-refractivity contribution in [1.82, 2.24) is 20.1 Å². The molecule has 0 aliphatic carbocycles. The molecule has 2 amide bonds. The highest BCUT2D eigenvalue weighted by Crippen LogP contribution is 2.21. The Balaban J connectivity index is 2.23. The molecule has 0 saturated heterocycles. The van der Waals surface area contributed by atoms with Gasteiger partial charge in [-0.05, 0) is 6.92 Å². The second-order valence-electron chi connectivity index (χ2n) is 3.62. The highest BCUT2D eigenvalue weighted by Gasteiger charge is 2.11. The molecule has 0 aromatic carbocycles. The summed E-state index contributed by atoms with van der Waals surface area (Å²) in [5.41, 5.74) is 0.739. The molecule has 2 aromatic heterocycles. The molecule has 0 radical (unpaired) electrons. The number of rotatable bonds is 3. The number of urea groups is 1. The van der Waals surface area contributed by atoms with Gasteiger partial charge in [0.05, 0.1) is 24.3 Å². The molecule has 100 valence electrons. The van der Waals surface area contributed by atoms with E-state index in [2.05, 4.69) is 20.7 Å². The SMILES string of the molecule is CCNC(=O)Nc1cn(-c2cncc(F)c2)nc1Cl. The molecule has 19 heavy (non-hydrogen) atoms. The van der Waals surface area contributed by atoms with Gasteiger partial charge in [-0.25, -0.2) is 13.9 Å². The normalized spacial score (nSPS) is 10.3. The number of nitrogens with zero attached hydrogens (tertiary/aromatic N) is 3. The van der Waals surface area contributed by atoms with E-state index >= 15 is 0 Å². The minimum atomic E-state index is -0.484. The molecular formula is C11H11ClFN5O. The zero-order chi connectivity index (χ0) is 13.8. The molecule has 8 heteroatoms. The molecule has 2 N–H and O–H groups in total. The summed E-state index contributed by atoms with van der Waals surface area (Å²) in [7, 11) is 0. The van der Waals surface area contributed by atoms with Crippen molar-refractivity contribution in [2.75, 3.05) is 11.9 Å². The van der Waals surface area contributed by atoms with Crippen LogP contribution < -0.4 is 10.6 Å². The molecule has 2 rings (SSSR count). The second kappa shape index (κ2) is 5.66. The lowest BCUT2D eigenvalue weighted by Gasteiger charge is -2.02. The Morgan fingerprint density at radius 2 is 2.32 bits per heavy atom. The Bertz CT molecular complexity index is 601. The summed E-state index contributed by atoms with van der Waals surface area (Å²) in [4.78, 5) is 15.1. The number of hydrogen-bond acceptors (Lipinski definition) is 3. The minimum absolute atomic E-state index is 0.107. The van der Waals surface area contributed by atoms with Crippen LogP contribution in [0.25, 0.3) is 5.69 Å². The molecular weight excluding hydrogens is 273 g/mol. The largest absolute Gasteiger partial charge is 0.338 e. The zero-order valence-electron chi connectivity index (χ0n) is 10.0. The summed E-state index contributed by atoms with van der Waals surface area (Å²) in [5.74, 6) is -0.484. The van der Waals surface area contributed by atoms with Gasteiger partial charge in [0.1, 0.15) is 11.5 Å². The molecule has 0 fully saturated rings. The Labute approximate surface area is 113 Å². The molecule has 0 saturated carbocycles. The van der Waals surface area contributed by atoms with Crippen LogP contribution in [0.1, 0.15) is 6.92 Å². The van der Waals surface area contributed by atoms with Crippen LogP contribution in [0.4, 0.5) is 14.9 Å². The van der Waals surface area contributed by atoms with E-state index in [0.29, 0.717) is 17.9 Å². The maximum Gasteiger partial charge on any atom is 0.319 e. The minimum Gasteiger partial charge on any atom is -0.338 e. The van der Waals surface area contributed by atoms with Crippen molar-refractivity contribution in [3.05, 3.63) is 35.6 Å². The first-order valence-electron chi connectivity index (χ1n) is 5.51. The highest BCUT2D eigenvalue weighted by atomic mass is 35.5. The molecule has 6 nitrogen and oxygen atoms in total. The quantitative estimate of drug-likeness (QED) is 0.907. The number of halogens is 2. The number of nitrogens with one attached hydrogen (secondary N) is 2. The average Bonchev–Trinajstić information content (AvgIpc) is 2.71. The van der Waals surface area contributed by atoms with E-state index in [-0.39, 0.29) is 11.2 Å². The van der Waals surface area contributed by atoms with Gasteiger partial charge in [0.2, 0.25) is 0 Å². The van der Waals surface area contributed by atoms with Gasteiger partial charge in [0.25, 0.3) is 0 Å². The van der Waals surface area contributed by atoms with Gasteiger partial charge in [0, 0.05) is 12.6 Å². The number of pyridine rings is 1. The highest BCUT2D eigenvalue weighted by molar-refractivity contribution is 6.32. The Hall–Kier alpha value is -2.15. The molecule has 0 aliphatic heterocycles. The second-order valence-corrected chi connectivity index (χ2v) is 3.98. The van der Waals surface area contributed by atoms with Crippen LogP contribution >= 0.6 is 11.6 Å². The fourth-order valence-corrected chi connectivity index (χ4v) is 1.60. The molecule has 0 atom stereocenters. The lowest BCUT2D eigenvalue weighted by molar-refractivity contribution is 0.252. The Kier molecular flexibility index (Phi) is 3.96. The van der Waals surface area contributed by atoms with Crippen LogP contribution in [0.15, 0.2) is 24.7 Å². The standard InChI is InChI=1S/C11H11ClFN5O/c1-2-15-11(19)16-9-6-18(17-10(9)12)8-3-7(13)4-14-5-8/h3-6H,2H2,1H3,(H2,15,16,19). The van der Waals surface area contributed by atoms with E-state index in [9.17, 15) is 9.18 Å². The zero-order valence-corrected chi connectivity index (χ0v) is 10.8. The van der Waals surface area contributed by atoms with Crippen molar-refractivity contribution in [2.24, 2.45) is 0 Å². The van der Waals surface area contributed by atoms with Crippen LogP contribution in [0.2, 0.25) is 5.15 Å². The third-order valence-corrected chi connectivity index (χ3v) is 2.49. The molecule has 0 unspecified atom stereocenters. The van der Waals surface area contributed by atoms with E-state index in [1.807, 2.05) is 0 Å². The van der Waals surface area contributed by atoms with Crippen LogP contribution in [-0.2, 0) is 0 Å². The van der Waals surface area contributed by atoms with Crippen molar-refractivity contribution in [3.63, 3.8) is 0 Å². The third kappa shape index (κ3) is 3.19. The number of amides is 2. The van der Waals surface area contributed by atoms with E-state index < -0.39 is 5.82 Å². The van der Waals surface area contributed by atoms with Gasteiger partial charge in [-0.2, -0.15) is 5.10 Å². The van der Waals surface area contributed by atoms with Crippen LogP contribution in [-0.4, -0.2) is 27.3 Å². The summed E-state index contributed by atoms with van der Waals surface area (Å²) < 4.78 is 14.4. The van der Waals surface area contributed by atoms with Gasteiger partial charge in [-0.3, -0.25) is 4.98 Å². The summed E-state index contributed by atoms with van der Waals surface area (Å²) in [6.45, 7) is 2.29. The van der Waals surface area contributed by atoms with Crippen molar-refractivity contribution >= 4 is 23.3 Å². The smallest absolute Gasteiger partial charge is 0.319 e. The number of aromatic nitrogens is 3. The first-order chi connectivity index (χ1) is 9.10. The molecule has 0 aliphatic rings. The summed E-state index contributed by atoms with van der Waals surface area (Å²) in [6, 6.07) is 0.869. The lowest BCUT2D eigenvalue weighted by atomic mass is 10.4. The third-order valence-electron chi connectivity index (χ3n) is 2.21. The Morgan fingerprint density at radius 1 is 1.53 bits per heavy atom. The van der Waals surface area contributed by atoms with Crippen molar-refractivity contribution < 1.29 is 9.18 Å². The molecule has 2 aromatic rings.